The highest BCUT2D eigenvalue weighted by Gasteiger charge is 2.37. The van der Waals surface area contributed by atoms with Gasteiger partial charge in [-0.1, -0.05) is 244 Å². The van der Waals surface area contributed by atoms with E-state index in [9.17, 15) is 13.2 Å². The summed E-state index contributed by atoms with van der Waals surface area (Å²) in [5, 5.41) is 27.2. The van der Waals surface area contributed by atoms with Crippen LogP contribution in [0.4, 0.5) is 50.4 Å². The Kier molecular flexibility index (Phi) is 16.4. The third kappa shape index (κ3) is 10.8. The van der Waals surface area contributed by atoms with Crippen LogP contribution in [-0.4, -0.2) is 35.7 Å². The molecule has 0 unspecified atom stereocenters. The molecule has 0 bridgehead atoms. The van der Waals surface area contributed by atoms with Gasteiger partial charge in [-0.2, -0.15) is 0 Å². The van der Waals surface area contributed by atoms with E-state index in [1.165, 1.54) is 155 Å². The van der Waals surface area contributed by atoms with Crippen molar-refractivity contribution in [3.05, 3.63) is 417 Å². The molecule has 8 nitrogen and oxygen atoms in total. The van der Waals surface area contributed by atoms with Gasteiger partial charge >= 0.3 is 0 Å². The standard InChI is InChI=1S/C48H33N3.C34H23N3.C33H15F5N2/c1-48(2)40-16-10-9-15-35(40)36-23-20-34(28-41(36)48)51-43-27-31-18-21-37-42(50(32-11-5-3-6-12-32)33-13-7-4-8-14-33)24-19-30-17-22-39(46(31)45(30)37)47(43)38-25-26-49-29-44(38)51;1-36(24-8-4-2-5-9-24)29-17-14-22-12-16-28-33-23(13-15-26(29)32(22)33)20-30-34(28)27-18-19-35-21-31(27)37(30)25-10-6-3-7-11-25;34-28-29(35)31(37)33(32(38)30(28)36)40-23-14-18-8-10-20-19(16-4-2-1-3-5-16)9-6-17-7-11-22(26(18)25(17)20)27(23)21-12-13-39-15-24(21)40/h3-29H,1-2H3;2-21H,1H3;1-15H. The van der Waals surface area contributed by atoms with Crippen molar-refractivity contribution in [3.8, 4) is 39.3 Å². The summed E-state index contributed by atoms with van der Waals surface area (Å²) in [6.07, 6.45) is 10.8. The molecule has 27 rings (SSSR count). The van der Waals surface area contributed by atoms with Gasteiger partial charge in [-0.05, 0) is 229 Å². The maximum absolute atomic E-state index is 15.2. The fourth-order valence-electron chi connectivity index (χ4n) is 21.4. The molecular formula is C115H71F5N8. The largest absolute Gasteiger partial charge is 0.344 e. The molecule has 128 heavy (non-hydrogen) atoms. The number of fused-ring (bicyclic) bond motifs is 15. The second-order valence-electron chi connectivity index (χ2n) is 34.0. The average Bonchev–Trinajstić information content (AvgIpc) is 1.54. The van der Waals surface area contributed by atoms with Crippen LogP contribution < -0.4 is 9.80 Å². The van der Waals surface area contributed by atoms with Crippen molar-refractivity contribution in [2.75, 3.05) is 16.8 Å². The minimum atomic E-state index is -2.20. The number of hydrogen-bond acceptors (Lipinski definition) is 5. The molecule has 13 heteroatoms. The van der Waals surface area contributed by atoms with E-state index in [2.05, 4.69) is 340 Å². The number of nitrogens with zero attached hydrogens (tertiary/aromatic N) is 8. The fraction of sp³-hybridized carbons (Fsp3) is 0.0348. The molecule has 0 saturated carbocycles. The molecule has 0 spiro atoms. The lowest BCUT2D eigenvalue weighted by molar-refractivity contribution is 0.376. The number of para-hydroxylation sites is 4. The van der Waals surface area contributed by atoms with Crippen LogP contribution in [0.2, 0.25) is 0 Å². The maximum atomic E-state index is 15.2. The highest BCUT2D eigenvalue weighted by molar-refractivity contribution is 6.37. The van der Waals surface area contributed by atoms with Crippen LogP contribution in [0.5, 0.6) is 0 Å². The van der Waals surface area contributed by atoms with Crippen LogP contribution in [0, 0.1) is 29.1 Å². The average molecular weight is 1660 g/mol. The highest BCUT2D eigenvalue weighted by Crippen LogP contribution is 2.54. The second kappa shape index (κ2) is 28.3. The smallest absolute Gasteiger partial charge is 0.200 e. The zero-order chi connectivity index (χ0) is 85.6. The summed E-state index contributed by atoms with van der Waals surface area (Å²) in [5.74, 6) is -10.0. The molecule has 26 aromatic rings. The Morgan fingerprint density at radius 2 is 0.625 bits per heavy atom. The summed E-state index contributed by atoms with van der Waals surface area (Å²) in [6, 6.07) is 121. The molecule has 0 fully saturated rings. The number of aromatic nitrogens is 6. The predicted molar refractivity (Wildman–Crippen MR) is 519 cm³/mol. The van der Waals surface area contributed by atoms with Gasteiger partial charge in [0, 0.05) is 108 Å². The highest BCUT2D eigenvalue weighted by atomic mass is 19.2. The number of rotatable bonds is 9. The molecule has 0 amide bonds. The van der Waals surface area contributed by atoms with Gasteiger partial charge in [0.05, 0.1) is 57.4 Å². The molecule has 1 aliphatic rings. The van der Waals surface area contributed by atoms with E-state index in [0.29, 0.717) is 16.3 Å². The van der Waals surface area contributed by atoms with E-state index in [-0.39, 0.29) is 10.9 Å². The van der Waals surface area contributed by atoms with Gasteiger partial charge in [-0.15, -0.1) is 0 Å². The van der Waals surface area contributed by atoms with Gasteiger partial charge in [0.15, 0.2) is 23.3 Å². The fourth-order valence-corrected chi connectivity index (χ4v) is 21.4. The molecular weight excluding hydrogens is 1590 g/mol. The van der Waals surface area contributed by atoms with Crippen molar-refractivity contribution in [1.82, 2.24) is 28.7 Å². The Labute approximate surface area is 729 Å². The third-order valence-corrected chi connectivity index (χ3v) is 27.0. The van der Waals surface area contributed by atoms with E-state index in [1.807, 2.05) is 67.3 Å². The van der Waals surface area contributed by atoms with Crippen molar-refractivity contribution in [1.29, 1.82) is 0 Å². The molecule has 6 aromatic heterocycles. The number of pyridine rings is 3. The lowest BCUT2D eigenvalue weighted by Crippen LogP contribution is -2.15. The quantitative estimate of drug-likeness (QED) is 0.0624. The molecule has 6 heterocycles. The lowest BCUT2D eigenvalue weighted by atomic mass is 9.82. The van der Waals surface area contributed by atoms with Crippen molar-refractivity contribution in [2.45, 2.75) is 19.3 Å². The van der Waals surface area contributed by atoms with Gasteiger partial charge in [-0.3, -0.25) is 15.0 Å². The van der Waals surface area contributed by atoms with Crippen molar-refractivity contribution in [2.24, 2.45) is 0 Å². The van der Waals surface area contributed by atoms with E-state index < -0.39 is 34.8 Å². The van der Waals surface area contributed by atoms with E-state index in [4.69, 9.17) is 0 Å². The SMILES string of the molecule is CC1(C)c2ccccc2-c2ccc(-n3c4cnccc4c4c5ccc6ccc(N(c7ccccc7)c7ccccc7)c7ccc(cc43)c5c67)cc21.CN(c1ccccc1)c1ccc2ccc3c4c(ccc1c24)cc1c3c2ccncc2n1-c1ccccc1.Fc1c(F)c(F)c(-n2c3cnccc3c3c4ccc5ccc(-c6ccccc6)c6ccc(cc32)c4c56)c(F)c1F. The molecule has 0 atom stereocenters. The molecule has 0 aliphatic heterocycles. The minimum absolute atomic E-state index is 0.0826. The first-order valence-electron chi connectivity index (χ1n) is 42.9. The second-order valence-corrected chi connectivity index (χ2v) is 34.0. The first-order valence-corrected chi connectivity index (χ1v) is 42.9. The summed E-state index contributed by atoms with van der Waals surface area (Å²) in [5.41, 5.74) is 19.8. The number of halogens is 5. The van der Waals surface area contributed by atoms with Crippen LogP contribution in [0.3, 0.4) is 0 Å². The Hall–Kier alpha value is -16.4. The van der Waals surface area contributed by atoms with Crippen molar-refractivity contribution < 1.29 is 22.0 Å². The summed E-state index contributed by atoms with van der Waals surface area (Å²) in [6.45, 7) is 4.70. The monoisotopic (exact) mass is 1660 g/mol. The molecule has 0 radical (unpaired) electrons. The van der Waals surface area contributed by atoms with Gasteiger partial charge in [0.25, 0.3) is 0 Å². The van der Waals surface area contributed by atoms with E-state index in [0.717, 1.165) is 76.1 Å². The van der Waals surface area contributed by atoms with Gasteiger partial charge in [-0.25, -0.2) is 22.0 Å². The number of benzene rings is 20. The van der Waals surface area contributed by atoms with Crippen LogP contribution in [0.15, 0.2) is 377 Å². The summed E-state index contributed by atoms with van der Waals surface area (Å²) >= 11 is 0. The zero-order valence-electron chi connectivity index (χ0n) is 69.3. The van der Waals surface area contributed by atoms with Crippen molar-refractivity contribution >= 4 is 191 Å². The minimum Gasteiger partial charge on any atom is -0.344 e. The Bertz CT molecular complexity index is 9000. The molecule has 0 saturated heterocycles. The van der Waals surface area contributed by atoms with E-state index >= 15 is 8.78 Å². The third-order valence-electron chi connectivity index (χ3n) is 27.0. The Morgan fingerprint density at radius 3 is 1.15 bits per heavy atom. The maximum Gasteiger partial charge on any atom is 0.200 e. The summed E-state index contributed by atoms with van der Waals surface area (Å²) in [4.78, 5) is 17.9. The van der Waals surface area contributed by atoms with Crippen molar-refractivity contribution in [3.63, 3.8) is 0 Å². The molecule has 606 valence electrons. The summed E-state index contributed by atoms with van der Waals surface area (Å²) < 4.78 is 78.8. The molecule has 20 aromatic carbocycles. The normalized spacial score (nSPS) is 12.6. The van der Waals surface area contributed by atoms with Crippen LogP contribution in [-0.2, 0) is 5.41 Å². The Morgan fingerprint density at radius 1 is 0.258 bits per heavy atom. The van der Waals surface area contributed by atoms with Crippen LogP contribution >= 0.6 is 0 Å². The Balaban J connectivity index is 0.000000106. The lowest BCUT2D eigenvalue weighted by Gasteiger charge is -2.27. The van der Waals surface area contributed by atoms with Crippen LogP contribution in [0.1, 0.15) is 25.0 Å². The predicted octanol–water partition coefficient (Wildman–Crippen LogP) is 31.1. The first kappa shape index (κ1) is 74.3. The van der Waals surface area contributed by atoms with Gasteiger partial charge in [0.1, 0.15) is 5.69 Å². The molecule has 1 aliphatic carbocycles. The van der Waals surface area contributed by atoms with E-state index in [1.54, 1.807) is 12.1 Å². The molecule has 0 N–H and O–H groups in total. The number of hydrogen-bond donors (Lipinski definition) is 0. The van der Waals surface area contributed by atoms with Gasteiger partial charge in [0.2, 0.25) is 5.82 Å². The number of anilines is 5. The topological polar surface area (TPSA) is 59.9 Å². The first-order chi connectivity index (χ1) is 62.8. The van der Waals surface area contributed by atoms with Gasteiger partial charge < -0.3 is 23.5 Å². The van der Waals surface area contributed by atoms with Crippen LogP contribution in [0.25, 0.3) is 202 Å². The zero-order valence-corrected chi connectivity index (χ0v) is 69.3. The summed E-state index contributed by atoms with van der Waals surface area (Å²) in [7, 11) is 2.15.